The fourth-order valence-corrected chi connectivity index (χ4v) is 2.33. The number of esters is 2. The van der Waals surface area contributed by atoms with Crippen LogP contribution in [0.1, 0.15) is 25.0 Å². The lowest BCUT2D eigenvalue weighted by atomic mass is 10.0. The van der Waals surface area contributed by atoms with Crippen molar-refractivity contribution in [3.05, 3.63) is 77.9 Å². The van der Waals surface area contributed by atoms with Crippen LogP contribution < -0.4 is 14.2 Å². The van der Waals surface area contributed by atoms with E-state index >= 15 is 0 Å². The molecule has 0 aliphatic heterocycles. The average molecular weight is 406 g/mol. The summed E-state index contributed by atoms with van der Waals surface area (Å²) in [5.74, 6) is 0.00686. The van der Waals surface area contributed by atoms with Gasteiger partial charge in [0.1, 0.15) is 17.2 Å². The zero-order valence-electron chi connectivity index (χ0n) is 17.1. The number of methoxy groups -OCH3 is 1. The molecule has 0 amide bonds. The van der Waals surface area contributed by atoms with Gasteiger partial charge in [0.15, 0.2) is 6.29 Å². The molecular weight excluding hydrogens is 384 g/mol. The molecule has 2 rings (SSSR count). The summed E-state index contributed by atoms with van der Waals surface area (Å²) in [5, 5.41) is 0. The van der Waals surface area contributed by atoms with Gasteiger partial charge >= 0.3 is 11.9 Å². The highest BCUT2D eigenvalue weighted by Crippen LogP contribution is 2.29. The predicted molar refractivity (Wildman–Crippen MR) is 114 cm³/mol. The lowest BCUT2D eigenvalue weighted by Crippen LogP contribution is -2.08. The molecule has 0 aliphatic rings. The Kier molecular flexibility index (Phi) is 7.47. The predicted octanol–water partition coefficient (Wildman–Crippen LogP) is 4.40. The number of allylic oxidation sites excluding steroid dienone is 1. The van der Waals surface area contributed by atoms with E-state index < -0.39 is 11.9 Å². The normalized spacial score (nSPS) is 10.7. The van der Waals surface area contributed by atoms with Gasteiger partial charge in [-0.15, -0.1) is 0 Å². The van der Waals surface area contributed by atoms with Gasteiger partial charge in [-0.25, -0.2) is 9.59 Å². The Labute approximate surface area is 175 Å². The molecule has 0 fully saturated rings. The Morgan fingerprint density at radius 2 is 1.40 bits per heavy atom. The summed E-state index contributed by atoms with van der Waals surface area (Å²) in [6.45, 7) is 10.2. The van der Waals surface area contributed by atoms with Crippen molar-refractivity contribution in [3.8, 4) is 17.2 Å². The minimum atomic E-state index is -0.540. The first-order chi connectivity index (χ1) is 14.2. The van der Waals surface area contributed by atoms with Gasteiger partial charge in [0, 0.05) is 28.3 Å². The largest absolute Gasteiger partial charge is 0.496 e. The Hall–Kier alpha value is -3.93. The summed E-state index contributed by atoms with van der Waals surface area (Å²) in [6.07, 6.45) is 2.36. The molecule has 6 nitrogen and oxygen atoms in total. The summed E-state index contributed by atoms with van der Waals surface area (Å²) in [5.41, 5.74) is 2.20. The van der Waals surface area contributed by atoms with Gasteiger partial charge in [0.25, 0.3) is 0 Å². The molecule has 0 spiro atoms. The monoisotopic (exact) mass is 406 g/mol. The van der Waals surface area contributed by atoms with Gasteiger partial charge in [-0.05, 0) is 49.8 Å². The van der Waals surface area contributed by atoms with E-state index in [-0.39, 0.29) is 11.1 Å². The summed E-state index contributed by atoms with van der Waals surface area (Å²) >= 11 is 0. The first-order valence-electron chi connectivity index (χ1n) is 8.96. The number of ether oxygens (including phenoxy) is 3. The first kappa shape index (κ1) is 22.4. The third-order valence-electron chi connectivity index (χ3n) is 3.95. The number of carbonyl (C=O) groups excluding carboxylic acids is 3. The molecule has 0 heterocycles. The average Bonchev–Trinajstić information content (AvgIpc) is 2.73. The minimum absolute atomic E-state index is 0.276. The first-order valence-corrected chi connectivity index (χ1v) is 8.96. The molecule has 2 aromatic rings. The molecule has 30 heavy (non-hydrogen) atoms. The zero-order valence-corrected chi connectivity index (χ0v) is 17.1. The molecule has 0 aliphatic carbocycles. The topological polar surface area (TPSA) is 78.9 Å². The highest BCUT2D eigenvalue weighted by atomic mass is 16.5. The smallest absolute Gasteiger partial charge is 0.338 e. The van der Waals surface area contributed by atoms with Crippen molar-refractivity contribution in [2.45, 2.75) is 13.8 Å². The van der Waals surface area contributed by atoms with Crippen molar-refractivity contribution in [1.82, 2.24) is 0 Å². The van der Waals surface area contributed by atoms with E-state index in [1.54, 1.807) is 62.4 Å². The van der Waals surface area contributed by atoms with Crippen LogP contribution in [0.4, 0.5) is 0 Å². The van der Waals surface area contributed by atoms with Crippen LogP contribution >= 0.6 is 0 Å². The van der Waals surface area contributed by atoms with Crippen molar-refractivity contribution < 1.29 is 28.6 Å². The molecule has 6 heteroatoms. The summed E-state index contributed by atoms with van der Waals surface area (Å²) < 4.78 is 15.7. The lowest BCUT2D eigenvalue weighted by Gasteiger charge is -2.10. The Bertz CT molecular complexity index is 1030. The molecule has 0 N–H and O–H groups in total. The second kappa shape index (κ2) is 10.0. The number of rotatable bonds is 8. The molecule has 0 bridgehead atoms. The van der Waals surface area contributed by atoms with Gasteiger partial charge in [-0.3, -0.25) is 4.79 Å². The van der Waals surface area contributed by atoms with Gasteiger partial charge in [-0.2, -0.15) is 0 Å². The van der Waals surface area contributed by atoms with E-state index in [1.165, 1.54) is 7.11 Å². The second-order valence-electron chi connectivity index (χ2n) is 6.49. The van der Waals surface area contributed by atoms with Gasteiger partial charge < -0.3 is 14.2 Å². The van der Waals surface area contributed by atoms with Crippen LogP contribution in [0.2, 0.25) is 0 Å². The van der Waals surface area contributed by atoms with E-state index in [0.717, 1.165) is 0 Å². The molecular formula is C24H22O6. The van der Waals surface area contributed by atoms with Crippen LogP contribution in [-0.4, -0.2) is 25.3 Å². The molecule has 2 aromatic carbocycles. The van der Waals surface area contributed by atoms with Crippen LogP contribution in [0.15, 0.2) is 66.8 Å². The van der Waals surface area contributed by atoms with E-state index in [4.69, 9.17) is 14.2 Å². The quantitative estimate of drug-likeness (QED) is 0.213. The molecule has 0 saturated carbocycles. The van der Waals surface area contributed by atoms with Crippen LogP contribution in [-0.2, 0) is 14.4 Å². The number of carbonyl (C=O) groups is 3. The molecule has 0 aromatic heterocycles. The Morgan fingerprint density at radius 1 is 0.867 bits per heavy atom. The van der Waals surface area contributed by atoms with Crippen LogP contribution in [0.5, 0.6) is 17.2 Å². The maximum atomic E-state index is 11.7. The third kappa shape index (κ3) is 5.78. The van der Waals surface area contributed by atoms with Gasteiger partial charge in [0.05, 0.1) is 7.11 Å². The van der Waals surface area contributed by atoms with Crippen LogP contribution in [0.25, 0.3) is 11.6 Å². The molecule has 154 valence electrons. The van der Waals surface area contributed by atoms with Crippen molar-refractivity contribution >= 4 is 29.9 Å². The summed E-state index contributed by atoms with van der Waals surface area (Å²) in [6, 6.07) is 11.3. The Morgan fingerprint density at radius 3 is 1.90 bits per heavy atom. The molecule has 0 saturated heterocycles. The maximum absolute atomic E-state index is 11.7. The summed E-state index contributed by atoms with van der Waals surface area (Å²) in [7, 11) is 1.47. The van der Waals surface area contributed by atoms with Crippen molar-refractivity contribution in [2.75, 3.05) is 7.11 Å². The highest BCUT2D eigenvalue weighted by Gasteiger charge is 2.11. The van der Waals surface area contributed by atoms with Gasteiger partial charge in [0.2, 0.25) is 0 Å². The zero-order chi connectivity index (χ0) is 22.3. The number of hydrogen-bond acceptors (Lipinski definition) is 6. The number of hydrogen-bond donors (Lipinski definition) is 0. The third-order valence-corrected chi connectivity index (χ3v) is 3.95. The van der Waals surface area contributed by atoms with E-state index in [1.807, 2.05) is 0 Å². The lowest BCUT2D eigenvalue weighted by molar-refractivity contribution is -0.130. The highest BCUT2D eigenvalue weighted by molar-refractivity contribution is 6.13. The fourth-order valence-electron chi connectivity index (χ4n) is 2.33. The SMILES string of the molecule is C=C(C)C(=O)Oc1ccc(/C(C=O)=C/c2ccc(OC(=O)C(=C)C)cc2OC)cc1. The van der Waals surface area contributed by atoms with Crippen molar-refractivity contribution in [1.29, 1.82) is 0 Å². The fraction of sp³-hybridized carbons (Fsp3) is 0.125. The van der Waals surface area contributed by atoms with E-state index in [2.05, 4.69) is 13.2 Å². The number of benzene rings is 2. The van der Waals surface area contributed by atoms with Crippen molar-refractivity contribution in [2.24, 2.45) is 0 Å². The standard InChI is InChI=1S/C24H22O6/c1-15(2)23(26)29-20-9-6-17(7-10-20)19(14-25)12-18-8-11-21(13-22(18)28-5)30-24(27)16(3)4/h6-14H,1,3H2,2,4-5H3/b19-12+. The molecule has 0 atom stereocenters. The Balaban J connectivity index is 2.29. The van der Waals surface area contributed by atoms with Crippen molar-refractivity contribution in [3.63, 3.8) is 0 Å². The van der Waals surface area contributed by atoms with E-state index in [0.29, 0.717) is 40.2 Å². The maximum Gasteiger partial charge on any atom is 0.338 e. The second-order valence-corrected chi connectivity index (χ2v) is 6.49. The van der Waals surface area contributed by atoms with Crippen LogP contribution in [0.3, 0.4) is 0 Å². The minimum Gasteiger partial charge on any atom is -0.496 e. The molecule has 0 unspecified atom stereocenters. The van der Waals surface area contributed by atoms with E-state index in [9.17, 15) is 14.4 Å². The van der Waals surface area contributed by atoms with Gasteiger partial charge in [-0.1, -0.05) is 25.3 Å². The molecule has 0 radical (unpaired) electrons. The number of aldehydes is 1. The van der Waals surface area contributed by atoms with Crippen LogP contribution in [0, 0.1) is 0 Å². The summed E-state index contributed by atoms with van der Waals surface area (Å²) in [4.78, 5) is 34.9.